The van der Waals surface area contributed by atoms with Crippen LogP contribution < -0.4 is 0 Å². The van der Waals surface area contributed by atoms with Crippen molar-refractivity contribution in [3.63, 3.8) is 0 Å². The van der Waals surface area contributed by atoms with E-state index < -0.39 is 5.97 Å². The molecule has 104 valence electrons. The van der Waals surface area contributed by atoms with Crippen molar-refractivity contribution in [2.45, 2.75) is 12.5 Å². The van der Waals surface area contributed by atoms with Crippen LogP contribution in [0.15, 0.2) is 29.6 Å². The Hall–Kier alpha value is -2.15. The number of rotatable bonds is 3. The van der Waals surface area contributed by atoms with Gasteiger partial charge in [0.2, 0.25) is 0 Å². The maximum absolute atomic E-state index is 10.9. The van der Waals surface area contributed by atoms with Gasteiger partial charge in [0.25, 0.3) is 0 Å². The first-order chi connectivity index (χ1) is 9.54. The number of carbonyl (C=O) groups is 1. The Morgan fingerprint density at radius 1 is 1.45 bits per heavy atom. The molecular formula is C13H14N4O2S. The summed E-state index contributed by atoms with van der Waals surface area (Å²) >= 11 is 1.26. The van der Waals surface area contributed by atoms with Gasteiger partial charge in [-0.1, -0.05) is 0 Å². The van der Waals surface area contributed by atoms with Crippen LogP contribution in [0.5, 0.6) is 0 Å². The average molecular weight is 290 g/mol. The summed E-state index contributed by atoms with van der Waals surface area (Å²) < 4.78 is 1.77. The number of aryl methyl sites for hydroxylation is 1. The maximum atomic E-state index is 10.9. The summed E-state index contributed by atoms with van der Waals surface area (Å²) in [6.45, 7) is 0. The number of aromatic carboxylic acids is 1. The van der Waals surface area contributed by atoms with Gasteiger partial charge in [-0.3, -0.25) is 9.69 Å². The zero-order valence-electron chi connectivity index (χ0n) is 11.1. The summed E-state index contributed by atoms with van der Waals surface area (Å²) in [7, 11) is 3.81. The zero-order valence-corrected chi connectivity index (χ0v) is 12.0. The maximum Gasteiger partial charge on any atom is 0.345 e. The lowest BCUT2D eigenvalue weighted by atomic mass is 10.1. The third kappa shape index (κ3) is 2.20. The number of thiophene rings is 1. The molecule has 7 heteroatoms. The Morgan fingerprint density at radius 2 is 2.25 bits per heavy atom. The molecule has 1 aliphatic rings. The van der Waals surface area contributed by atoms with Gasteiger partial charge in [-0.05, 0) is 12.1 Å². The molecule has 0 unspecified atom stereocenters. The summed E-state index contributed by atoms with van der Waals surface area (Å²) in [6, 6.07) is 3.61. The van der Waals surface area contributed by atoms with Gasteiger partial charge in [0.15, 0.2) is 0 Å². The number of hydrogen-bond donors (Lipinski definition) is 1. The van der Waals surface area contributed by atoms with Gasteiger partial charge in [0.05, 0.1) is 22.8 Å². The normalized spacial score (nSPS) is 18.4. The van der Waals surface area contributed by atoms with E-state index in [-0.39, 0.29) is 6.04 Å². The Balaban J connectivity index is 1.83. The van der Waals surface area contributed by atoms with Crippen molar-refractivity contribution in [3.05, 3.63) is 39.8 Å². The van der Waals surface area contributed by atoms with E-state index in [1.54, 1.807) is 10.7 Å². The molecule has 3 rings (SSSR count). The molecule has 2 aromatic rings. The predicted octanol–water partition coefficient (Wildman–Crippen LogP) is 1.96. The van der Waals surface area contributed by atoms with E-state index in [0.717, 1.165) is 22.6 Å². The number of hydrazone groups is 1. The summed E-state index contributed by atoms with van der Waals surface area (Å²) in [4.78, 5) is 12.2. The van der Waals surface area contributed by atoms with E-state index in [1.807, 2.05) is 37.6 Å². The number of aromatic nitrogens is 2. The molecule has 20 heavy (non-hydrogen) atoms. The van der Waals surface area contributed by atoms with Gasteiger partial charge in [-0.15, -0.1) is 11.3 Å². The first kappa shape index (κ1) is 12.9. The summed E-state index contributed by atoms with van der Waals surface area (Å²) in [5.74, 6) is -0.892. The molecule has 0 aliphatic carbocycles. The van der Waals surface area contributed by atoms with Gasteiger partial charge in [-0.25, -0.2) is 4.79 Å². The topological polar surface area (TPSA) is 70.7 Å². The van der Waals surface area contributed by atoms with Crippen LogP contribution >= 0.6 is 11.3 Å². The summed E-state index contributed by atoms with van der Waals surface area (Å²) in [5, 5.41) is 19.6. The third-order valence-corrected chi connectivity index (χ3v) is 4.45. The minimum Gasteiger partial charge on any atom is -0.477 e. The highest BCUT2D eigenvalue weighted by Gasteiger charge is 2.28. The van der Waals surface area contributed by atoms with E-state index in [9.17, 15) is 4.79 Å². The fourth-order valence-electron chi connectivity index (χ4n) is 2.32. The summed E-state index contributed by atoms with van der Waals surface area (Å²) in [6.07, 6.45) is 4.59. The molecule has 0 saturated heterocycles. The first-order valence-electron chi connectivity index (χ1n) is 6.17. The molecule has 2 aromatic heterocycles. The highest BCUT2D eigenvalue weighted by atomic mass is 32.1. The molecule has 0 spiro atoms. The molecular weight excluding hydrogens is 276 g/mol. The lowest BCUT2D eigenvalue weighted by molar-refractivity contribution is 0.0702. The first-order valence-corrected chi connectivity index (χ1v) is 6.98. The van der Waals surface area contributed by atoms with Crippen molar-refractivity contribution in [1.82, 2.24) is 14.8 Å². The fraction of sp³-hybridized carbons (Fsp3) is 0.308. The Kier molecular flexibility index (Phi) is 3.06. The van der Waals surface area contributed by atoms with Crippen molar-refractivity contribution in [2.75, 3.05) is 7.05 Å². The van der Waals surface area contributed by atoms with Gasteiger partial charge < -0.3 is 5.11 Å². The summed E-state index contributed by atoms with van der Waals surface area (Å²) in [5.41, 5.74) is 2.04. The van der Waals surface area contributed by atoms with Crippen molar-refractivity contribution in [1.29, 1.82) is 0 Å². The Morgan fingerprint density at radius 3 is 2.85 bits per heavy atom. The SMILES string of the molecule is CN1N=C(c2ccc(C(=O)O)s2)C[C@@H]1c1cnn(C)c1. The smallest absolute Gasteiger partial charge is 0.345 e. The van der Waals surface area contributed by atoms with E-state index in [0.29, 0.717) is 4.88 Å². The van der Waals surface area contributed by atoms with Crippen LogP contribution in [0.4, 0.5) is 0 Å². The fourth-order valence-corrected chi connectivity index (χ4v) is 3.16. The highest BCUT2D eigenvalue weighted by Crippen LogP contribution is 2.32. The minimum atomic E-state index is -0.892. The predicted molar refractivity (Wildman–Crippen MR) is 76.1 cm³/mol. The Bertz CT molecular complexity index is 688. The largest absolute Gasteiger partial charge is 0.477 e. The molecule has 0 aromatic carbocycles. The van der Waals surface area contributed by atoms with Gasteiger partial charge in [0, 0.05) is 32.3 Å². The van der Waals surface area contributed by atoms with Crippen LogP contribution in [0, 0.1) is 0 Å². The van der Waals surface area contributed by atoms with Crippen molar-refractivity contribution >= 4 is 23.0 Å². The monoisotopic (exact) mass is 290 g/mol. The second-order valence-corrected chi connectivity index (χ2v) is 5.84. The molecule has 0 fully saturated rings. The van der Waals surface area contributed by atoms with Crippen molar-refractivity contribution in [3.8, 4) is 0 Å². The molecule has 1 atom stereocenters. The van der Waals surface area contributed by atoms with Crippen LogP contribution in [0.25, 0.3) is 0 Å². The van der Waals surface area contributed by atoms with Gasteiger partial charge in [-0.2, -0.15) is 10.2 Å². The zero-order chi connectivity index (χ0) is 14.3. The van der Waals surface area contributed by atoms with Crippen LogP contribution in [-0.4, -0.2) is 38.6 Å². The Labute approximate surface area is 120 Å². The second-order valence-electron chi connectivity index (χ2n) is 4.76. The molecule has 0 amide bonds. The third-order valence-electron chi connectivity index (χ3n) is 3.33. The molecule has 0 saturated carbocycles. The van der Waals surface area contributed by atoms with Crippen LogP contribution in [0.1, 0.15) is 32.6 Å². The molecule has 1 N–H and O–H groups in total. The van der Waals surface area contributed by atoms with E-state index in [4.69, 9.17) is 5.11 Å². The molecule has 3 heterocycles. The molecule has 0 radical (unpaired) electrons. The number of nitrogens with zero attached hydrogens (tertiary/aromatic N) is 4. The van der Waals surface area contributed by atoms with Crippen LogP contribution in [0.3, 0.4) is 0 Å². The lowest BCUT2D eigenvalue weighted by Gasteiger charge is -2.16. The quantitative estimate of drug-likeness (QED) is 0.938. The molecule has 0 bridgehead atoms. The van der Waals surface area contributed by atoms with Crippen LogP contribution in [-0.2, 0) is 7.05 Å². The van der Waals surface area contributed by atoms with E-state index >= 15 is 0 Å². The standard InChI is InChI=1S/C13H14N4O2S/c1-16-7-8(6-14-16)10-5-9(15-17(10)2)11-3-4-12(20-11)13(18)19/h3-4,6-7,10H,5H2,1-2H3,(H,18,19)/t10-/m1/s1. The van der Waals surface area contributed by atoms with Crippen molar-refractivity contribution < 1.29 is 9.90 Å². The second kappa shape index (κ2) is 4.75. The highest BCUT2D eigenvalue weighted by molar-refractivity contribution is 7.16. The van der Waals surface area contributed by atoms with E-state index in [1.165, 1.54) is 11.3 Å². The molecule has 1 aliphatic heterocycles. The van der Waals surface area contributed by atoms with Crippen LogP contribution in [0.2, 0.25) is 0 Å². The minimum absolute atomic E-state index is 0.161. The lowest BCUT2D eigenvalue weighted by Crippen LogP contribution is -2.13. The molecule has 6 nitrogen and oxygen atoms in total. The number of carboxylic acids is 1. The van der Waals surface area contributed by atoms with Gasteiger partial charge >= 0.3 is 5.97 Å². The van der Waals surface area contributed by atoms with Crippen molar-refractivity contribution in [2.24, 2.45) is 12.1 Å². The van der Waals surface area contributed by atoms with E-state index in [2.05, 4.69) is 10.2 Å². The average Bonchev–Trinajstić information content (AvgIpc) is 3.07. The number of hydrogen-bond acceptors (Lipinski definition) is 5. The number of carboxylic acid groups (broad SMARTS) is 1. The van der Waals surface area contributed by atoms with Gasteiger partial charge in [0.1, 0.15) is 4.88 Å².